The van der Waals surface area contributed by atoms with Gasteiger partial charge in [-0.1, -0.05) is 0 Å². The summed E-state index contributed by atoms with van der Waals surface area (Å²) in [6, 6.07) is 5.68. The lowest BCUT2D eigenvalue weighted by Crippen LogP contribution is -2.37. The number of benzene rings is 1. The molecule has 0 bridgehead atoms. The van der Waals surface area contributed by atoms with Crippen LogP contribution in [-0.4, -0.2) is 48.8 Å². The second kappa shape index (κ2) is 8.64. The van der Waals surface area contributed by atoms with Crippen molar-refractivity contribution in [1.29, 1.82) is 0 Å². The molecule has 0 fully saturated rings. The third-order valence-electron chi connectivity index (χ3n) is 2.81. The highest BCUT2D eigenvalue weighted by atomic mass is 16.6. The van der Waals surface area contributed by atoms with E-state index in [0.29, 0.717) is 18.7 Å². The minimum Gasteiger partial charge on any atom is -0.349 e. The Labute approximate surface area is 134 Å². The topological polar surface area (TPSA) is 105 Å². The van der Waals surface area contributed by atoms with Gasteiger partial charge in [0.25, 0.3) is 11.6 Å². The van der Waals surface area contributed by atoms with Crippen LogP contribution in [0, 0.1) is 10.1 Å². The summed E-state index contributed by atoms with van der Waals surface area (Å²) in [5.41, 5.74) is 0.617. The van der Waals surface area contributed by atoms with Crippen LogP contribution in [0.3, 0.4) is 0 Å². The molecule has 0 radical (unpaired) electrons. The van der Waals surface area contributed by atoms with E-state index < -0.39 is 10.8 Å². The predicted molar refractivity (Wildman–Crippen MR) is 86.5 cm³/mol. The maximum atomic E-state index is 12.1. The van der Waals surface area contributed by atoms with Gasteiger partial charge in [0.05, 0.1) is 4.92 Å². The third-order valence-corrected chi connectivity index (χ3v) is 2.81. The quantitative estimate of drug-likeness (QED) is 0.438. The molecule has 8 heteroatoms. The number of nitrogens with one attached hydrogen (secondary N) is 2. The van der Waals surface area contributed by atoms with Crippen LogP contribution in [-0.2, 0) is 9.59 Å². The summed E-state index contributed by atoms with van der Waals surface area (Å²) >= 11 is 0. The van der Waals surface area contributed by atoms with Crippen molar-refractivity contribution in [3.05, 3.63) is 45.6 Å². The fraction of sp³-hybridized carbons (Fsp3) is 0.333. The number of hydrogen-bond acceptors (Lipinski definition) is 5. The number of non-ortho nitro benzene ring substituents is 1. The summed E-state index contributed by atoms with van der Waals surface area (Å²) < 4.78 is 0. The monoisotopic (exact) mass is 320 g/mol. The van der Waals surface area contributed by atoms with Crippen molar-refractivity contribution >= 4 is 23.6 Å². The van der Waals surface area contributed by atoms with Crippen LogP contribution in [0.25, 0.3) is 6.08 Å². The van der Waals surface area contributed by atoms with Crippen molar-refractivity contribution in [2.45, 2.75) is 6.92 Å². The molecule has 0 aliphatic heterocycles. The molecule has 1 rings (SSSR count). The molecule has 2 amide bonds. The third kappa shape index (κ3) is 6.70. The summed E-state index contributed by atoms with van der Waals surface area (Å²) in [7, 11) is 3.77. The van der Waals surface area contributed by atoms with E-state index in [4.69, 9.17) is 0 Å². The molecule has 0 spiro atoms. The van der Waals surface area contributed by atoms with E-state index in [0.717, 1.165) is 0 Å². The van der Waals surface area contributed by atoms with Crippen LogP contribution in [0.5, 0.6) is 0 Å². The molecule has 2 N–H and O–H groups in total. The minimum absolute atomic E-state index is 0.0429. The standard InChI is InChI=1S/C15H20N4O4/c1-11(20)17-14(15(21)16-8-9-18(2)3)10-12-4-6-13(7-5-12)19(22)23/h4-7,10H,8-9H2,1-3H3,(H,16,21)(H,17,20)/b14-10-. The number of nitrogens with zero attached hydrogens (tertiary/aromatic N) is 2. The van der Waals surface area contributed by atoms with E-state index in [2.05, 4.69) is 10.6 Å². The zero-order valence-corrected chi connectivity index (χ0v) is 13.3. The number of carbonyl (C=O) groups excluding carboxylic acids is 2. The molecule has 1 aromatic carbocycles. The van der Waals surface area contributed by atoms with Gasteiger partial charge in [-0.05, 0) is 37.9 Å². The molecule has 0 unspecified atom stereocenters. The number of hydrogen-bond donors (Lipinski definition) is 2. The molecular weight excluding hydrogens is 300 g/mol. The number of carbonyl (C=O) groups is 2. The van der Waals surface area contributed by atoms with Crippen molar-refractivity contribution in [1.82, 2.24) is 15.5 Å². The molecule has 23 heavy (non-hydrogen) atoms. The Kier molecular flexibility index (Phi) is 6.88. The summed E-state index contributed by atoms with van der Waals surface area (Å²) in [6.45, 7) is 2.40. The van der Waals surface area contributed by atoms with Gasteiger partial charge in [0.1, 0.15) is 5.70 Å². The van der Waals surface area contributed by atoms with Gasteiger partial charge >= 0.3 is 0 Å². The average molecular weight is 320 g/mol. The number of amides is 2. The van der Waals surface area contributed by atoms with Crippen LogP contribution >= 0.6 is 0 Å². The van der Waals surface area contributed by atoms with E-state index >= 15 is 0 Å². The first kappa shape index (κ1) is 18.3. The van der Waals surface area contributed by atoms with Gasteiger partial charge in [-0.3, -0.25) is 19.7 Å². The van der Waals surface area contributed by atoms with Crippen LogP contribution in [0.15, 0.2) is 30.0 Å². The normalized spacial score (nSPS) is 11.2. The van der Waals surface area contributed by atoms with Gasteiger partial charge in [-0.25, -0.2) is 0 Å². The Morgan fingerprint density at radius 2 is 1.87 bits per heavy atom. The lowest BCUT2D eigenvalue weighted by molar-refractivity contribution is -0.384. The maximum Gasteiger partial charge on any atom is 0.269 e. The molecule has 0 aliphatic rings. The highest BCUT2D eigenvalue weighted by Crippen LogP contribution is 2.14. The number of likely N-dealkylation sites (N-methyl/N-ethyl adjacent to an activating group) is 1. The first-order valence-electron chi connectivity index (χ1n) is 6.96. The number of nitro benzene ring substituents is 1. The smallest absolute Gasteiger partial charge is 0.269 e. The molecular formula is C15H20N4O4. The van der Waals surface area contributed by atoms with Crippen LogP contribution in [0.4, 0.5) is 5.69 Å². The summed E-state index contributed by atoms with van der Waals surface area (Å²) in [6.07, 6.45) is 1.47. The lowest BCUT2D eigenvalue weighted by Gasteiger charge is -2.12. The molecule has 0 saturated heterocycles. The minimum atomic E-state index is -0.504. The largest absolute Gasteiger partial charge is 0.349 e. The zero-order valence-electron chi connectivity index (χ0n) is 13.3. The van der Waals surface area contributed by atoms with E-state index in [1.54, 1.807) is 0 Å². The van der Waals surface area contributed by atoms with Gasteiger partial charge in [-0.15, -0.1) is 0 Å². The van der Waals surface area contributed by atoms with E-state index in [1.165, 1.54) is 37.3 Å². The highest BCUT2D eigenvalue weighted by molar-refractivity contribution is 6.00. The lowest BCUT2D eigenvalue weighted by atomic mass is 10.1. The summed E-state index contributed by atoms with van der Waals surface area (Å²) in [5, 5.41) is 15.8. The second-order valence-electron chi connectivity index (χ2n) is 5.15. The van der Waals surface area contributed by atoms with Crippen molar-refractivity contribution in [2.75, 3.05) is 27.2 Å². The maximum absolute atomic E-state index is 12.1. The first-order chi connectivity index (χ1) is 10.8. The van der Waals surface area contributed by atoms with Gasteiger partial charge in [0.2, 0.25) is 5.91 Å². The molecule has 0 aromatic heterocycles. The Balaban J connectivity index is 2.89. The van der Waals surface area contributed by atoms with Gasteiger partial charge in [-0.2, -0.15) is 0 Å². The van der Waals surface area contributed by atoms with E-state index in [-0.39, 0.29) is 17.3 Å². The van der Waals surface area contributed by atoms with Crippen molar-refractivity contribution in [2.24, 2.45) is 0 Å². The Morgan fingerprint density at radius 1 is 1.26 bits per heavy atom. The van der Waals surface area contributed by atoms with Crippen molar-refractivity contribution < 1.29 is 14.5 Å². The molecule has 0 atom stereocenters. The fourth-order valence-electron chi connectivity index (χ4n) is 1.70. The van der Waals surface area contributed by atoms with Crippen molar-refractivity contribution in [3.63, 3.8) is 0 Å². The summed E-state index contributed by atoms with van der Waals surface area (Å²) in [4.78, 5) is 35.4. The fourth-order valence-corrected chi connectivity index (χ4v) is 1.70. The van der Waals surface area contributed by atoms with Gasteiger partial charge < -0.3 is 15.5 Å². The molecule has 1 aromatic rings. The molecule has 0 aliphatic carbocycles. The average Bonchev–Trinajstić information content (AvgIpc) is 2.46. The first-order valence-corrected chi connectivity index (χ1v) is 6.96. The van der Waals surface area contributed by atoms with Gasteiger partial charge in [0.15, 0.2) is 0 Å². The Morgan fingerprint density at radius 3 is 2.35 bits per heavy atom. The van der Waals surface area contributed by atoms with Crippen molar-refractivity contribution in [3.8, 4) is 0 Å². The molecule has 0 heterocycles. The highest BCUT2D eigenvalue weighted by Gasteiger charge is 2.11. The van der Waals surface area contributed by atoms with Crippen LogP contribution in [0.1, 0.15) is 12.5 Å². The van der Waals surface area contributed by atoms with E-state index in [9.17, 15) is 19.7 Å². The Hall–Kier alpha value is -2.74. The molecule has 8 nitrogen and oxygen atoms in total. The SMILES string of the molecule is CC(=O)N/C(=C\c1ccc([N+](=O)[O-])cc1)C(=O)NCCN(C)C. The number of rotatable bonds is 7. The van der Waals surface area contributed by atoms with E-state index in [1.807, 2.05) is 19.0 Å². The van der Waals surface area contributed by atoms with Crippen LogP contribution in [0.2, 0.25) is 0 Å². The second-order valence-corrected chi connectivity index (χ2v) is 5.15. The van der Waals surface area contributed by atoms with Gasteiger partial charge in [0, 0.05) is 32.1 Å². The molecule has 0 saturated carbocycles. The van der Waals surface area contributed by atoms with Crippen LogP contribution < -0.4 is 10.6 Å². The number of nitro groups is 1. The zero-order chi connectivity index (χ0) is 17.4. The Bertz CT molecular complexity index is 608. The summed E-state index contributed by atoms with van der Waals surface area (Å²) in [5.74, 6) is -0.790. The predicted octanol–water partition coefficient (Wildman–Crippen LogP) is 0.750. The molecule has 124 valence electrons.